The van der Waals surface area contributed by atoms with Crippen LogP contribution < -0.4 is 20.5 Å². The van der Waals surface area contributed by atoms with Crippen molar-refractivity contribution in [1.29, 1.82) is 0 Å². The van der Waals surface area contributed by atoms with Crippen LogP contribution in [0, 0.1) is 19.8 Å². The Labute approximate surface area is 183 Å². The standard InChI is InChI=1S/C24H31N3O4/c1-17-3-7-20(8-4-17)30-15-23(28)26-13-19-11-12-27(14-22(19)25)24(29)16-31-21-9-5-18(2)6-10-21/h3-10,19,22H,11-16,25H2,1-2H3,(H,26,28). The summed E-state index contributed by atoms with van der Waals surface area (Å²) in [6.07, 6.45) is 0.733. The number of ether oxygens (including phenoxy) is 2. The molecule has 1 fully saturated rings. The third-order valence-electron chi connectivity index (χ3n) is 5.49. The topological polar surface area (TPSA) is 93.9 Å². The van der Waals surface area contributed by atoms with Crippen LogP contribution in [0.4, 0.5) is 0 Å². The highest BCUT2D eigenvalue weighted by Gasteiger charge is 2.29. The van der Waals surface area contributed by atoms with Gasteiger partial charge in [0.2, 0.25) is 0 Å². The van der Waals surface area contributed by atoms with Crippen molar-refractivity contribution in [2.45, 2.75) is 26.3 Å². The highest BCUT2D eigenvalue weighted by molar-refractivity contribution is 5.78. The van der Waals surface area contributed by atoms with Crippen molar-refractivity contribution in [1.82, 2.24) is 10.2 Å². The van der Waals surface area contributed by atoms with Crippen LogP contribution in [0.3, 0.4) is 0 Å². The third-order valence-corrected chi connectivity index (χ3v) is 5.49. The van der Waals surface area contributed by atoms with E-state index in [0.717, 1.165) is 17.5 Å². The normalized spacial score (nSPS) is 18.4. The van der Waals surface area contributed by atoms with Crippen LogP contribution in [0.5, 0.6) is 11.5 Å². The number of amides is 2. The Balaban J connectivity index is 1.36. The van der Waals surface area contributed by atoms with Crippen molar-refractivity contribution >= 4 is 11.8 Å². The first-order chi connectivity index (χ1) is 14.9. The van der Waals surface area contributed by atoms with Crippen molar-refractivity contribution in [3.8, 4) is 11.5 Å². The third kappa shape index (κ3) is 7.00. The highest BCUT2D eigenvalue weighted by atomic mass is 16.5. The molecule has 2 unspecified atom stereocenters. The lowest BCUT2D eigenvalue weighted by Gasteiger charge is -2.36. The quantitative estimate of drug-likeness (QED) is 0.675. The van der Waals surface area contributed by atoms with Crippen LogP contribution in [0.25, 0.3) is 0 Å². The Morgan fingerprint density at radius 3 is 2.06 bits per heavy atom. The number of carbonyl (C=O) groups excluding carboxylic acids is 2. The predicted octanol–water partition coefficient (Wildman–Crippen LogP) is 2.05. The first-order valence-electron chi connectivity index (χ1n) is 10.6. The van der Waals surface area contributed by atoms with E-state index in [2.05, 4.69) is 5.32 Å². The van der Waals surface area contributed by atoms with E-state index in [-0.39, 0.29) is 37.0 Å². The van der Waals surface area contributed by atoms with E-state index in [0.29, 0.717) is 31.1 Å². The molecule has 1 aliphatic rings. The maximum atomic E-state index is 12.5. The molecule has 1 heterocycles. The van der Waals surface area contributed by atoms with Crippen LogP contribution >= 0.6 is 0 Å². The van der Waals surface area contributed by atoms with Gasteiger partial charge in [0.25, 0.3) is 11.8 Å². The van der Waals surface area contributed by atoms with Gasteiger partial charge in [0.15, 0.2) is 13.2 Å². The van der Waals surface area contributed by atoms with Gasteiger partial charge in [-0.1, -0.05) is 35.4 Å². The summed E-state index contributed by atoms with van der Waals surface area (Å²) in [5, 5.41) is 2.89. The van der Waals surface area contributed by atoms with Gasteiger partial charge in [-0.05, 0) is 50.5 Å². The lowest BCUT2D eigenvalue weighted by Crippen LogP contribution is -2.54. The van der Waals surface area contributed by atoms with Gasteiger partial charge in [0.1, 0.15) is 11.5 Å². The average Bonchev–Trinajstić information content (AvgIpc) is 2.77. The zero-order valence-corrected chi connectivity index (χ0v) is 18.2. The molecule has 0 aliphatic carbocycles. The maximum absolute atomic E-state index is 12.5. The fourth-order valence-electron chi connectivity index (χ4n) is 3.46. The summed E-state index contributed by atoms with van der Waals surface area (Å²) in [6.45, 7) is 5.48. The zero-order chi connectivity index (χ0) is 22.2. The van der Waals surface area contributed by atoms with Gasteiger partial charge in [-0.3, -0.25) is 9.59 Å². The smallest absolute Gasteiger partial charge is 0.260 e. The van der Waals surface area contributed by atoms with Gasteiger partial charge >= 0.3 is 0 Å². The van der Waals surface area contributed by atoms with E-state index in [9.17, 15) is 9.59 Å². The molecule has 166 valence electrons. The fraction of sp³-hybridized carbons (Fsp3) is 0.417. The van der Waals surface area contributed by atoms with E-state index in [1.54, 1.807) is 4.90 Å². The molecule has 0 saturated carbocycles. The summed E-state index contributed by atoms with van der Waals surface area (Å²) >= 11 is 0. The Bertz CT molecular complexity index is 867. The van der Waals surface area contributed by atoms with Crippen LogP contribution in [-0.4, -0.2) is 55.6 Å². The molecule has 2 amide bonds. The molecule has 2 aromatic carbocycles. The fourth-order valence-corrected chi connectivity index (χ4v) is 3.46. The molecule has 1 aliphatic heterocycles. The van der Waals surface area contributed by atoms with Crippen molar-refractivity contribution in [3.05, 3.63) is 59.7 Å². The summed E-state index contributed by atoms with van der Waals surface area (Å²) in [7, 11) is 0. The molecule has 31 heavy (non-hydrogen) atoms. The maximum Gasteiger partial charge on any atom is 0.260 e. The molecule has 7 nitrogen and oxygen atoms in total. The molecular weight excluding hydrogens is 394 g/mol. The number of likely N-dealkylation sites (tertiary alicyclic amines) is 1. The Morgan fingerprint density at radius 2 is 1.52 bits per heavy atom. The van der Waals surface area contributed by atoms with Crippen LogP contribution in [0.1, 0.15) is 17.5 Å². The molecule has 7 heteroatoms. The molecule has 0 aromatic heterocycles. The molecule has 2 atom stereocenters. The monoisotopic (exact) mass is 425 g/mol. The van der Waals surface area contributed by atoms with E-state index >= 15 is 0 Å². The Kier molecular flexibility index (Phi) is 7.89. The molecule has 2 aromatic rings. The first-order valence-corrected chi connectivity index (χ1v) is 10.6. The van der Waals surface area contributed by atoms with Crippen LogP contribution in [-0.2, 0) is 9.59 Å². The molecular formula is C24H31N3O4. The summed E-state index contributed by atoms with van der Waals surface area (Å²) in [4.78, 5) is 26.3. The number of nitrogens with zero attached hydrogens (tertiary/aromatic N) is 1. The zero-order valence-electron chi connectivity index (χ0n) is 18.2. The molecule has 0 radical (unpaired) electrons. The summed E-state index contributed by atoms with van der Waals surface area (Å²) < 4.78 is 11.1. The number of rotatable bonds is 8. The molecule has 3 rings (SSSR count). The van der Waals surface area contributed by atoms with Crippen LogP contribution in [0.15, 0.2) is 48.5 Å². The number of benzene rings is 2. The van der Waals surface area contributed by atoms with E-state index in [4.69, 9.17) is 15.2 Å². The van der Waals surface area contributed by atoms with Crippen LogP contribution in [0.2, 0.25) is 0 Å². The Morgan fingerprint density at radius 1 is 0.968 bits per heavy atom. The number of carbonyl (C=O) groups is 2. The van der Waals surface area contributed by atoms with Gasteiger partial charge in [-0.25, -0.2) is 0 Å². The second-order valence-electron chi connectivity index (χ2n) is 8.06. The van der Waals surface area contributed by atoms with Gasteiger partial charge < -0.3 is 25.4 Å². The lowest BCUT2D eigenvalue weighted by atomic mass is 9.92. The summed E-state index contributed by atoms with van der Waals surface area (Å²) in [5.74, 6) is 1.19. The SMILES string of the molecule is Cc1ccc(OCC(=O)NCC2CCN(C(=O)COc3ccc(C)cc3)CC2N)cc1. The number of hydrogen-bond donors (Lipinski definition) is 2. The number of nitrogens with one attached hydrogen (secondary N) is 1. The number of piperidine rings is 1. The minimum Gasteiger partial charge on any atom is -0.484 e. The summed E-state index contributed by atoms with van der Waals surface area (Å²) in [5.41, 5.74) is 8.56. The summed E-state index contributed by atoms with van der Waals surface area (Å²) in [6, 6.07) is 15.0. The van der Waals surface area contributed by atoms with Gasteiger partial charge in [0.05, 0.1) is 0 Å². The van der Waals surface area contributed by atoms with E-state index in [1.165, 1.54) is 0 Å². The second-order valence-corrected chi connectivity index (χ2v) is 8.06. The van der Waals surface area contributed by atoms with Gasteiger partial charge in [0, 0.05) is 25.7 Å². The molecule has 0 bridgehead atoms. The van der Waals surface area contributed by atoms with Crippen molar-refractivity contribution in [2.75, 3.05) is 32.8 Å². The number of aryl methyl sites for hydroxylation is 2. The second kappa shape index (κ2) is 10.8. The minimum atomic E-state index is -0.199. The van der Waals surface area contributed by atoms with E-state index < -0.39 is 0 Å². The Hall–Kier alpha value is -3.06. The lowest BCUT2D eigenvalue weighted by molar-refractivity contribution is -0.135. The predicted molar refractivity (Wildman–Crippen MR) is 119 cm³/mol. The van der Waals surface area contributed by atoms with Crippen molar-refractivity contribution in [2.24, 2.45) is 11.7 Å². The van der Waals surface area contributed by atoms with Crippen molar-refractivity contribution in [3.63, 3.8) is 0 Å². The molecule has 0 spiro atoms. The first kappa shape index (κ1) is 22.6. The van der Waals surface area contributed by atoms with Gasteiger partial charge in [-0.2, -0.15) is 0 Å². The average molecular weight is 426 g/mol. The number of nitrogens with two attached hydrogens (primary N) is 1. The molecule has 1 saturated heterocycles. The van der Waals surface area contributed by atoms with E-state index in [1.807, 2.05) is 62.4 Å². The highest BCUT2D eigenvalue weighted by Crippen LogP contribution is 2.17. The van der Waals surface area contributed by atoms with Gasteiger partial charge in [-0.15, -0.1) is 0 Å². The molecule has 3 N–H and O–H groups in total. The largest absolute Gasteiger partial charge is 0.484 e. The minimum absolute atomic E-state index is 0.00642. The van der Waals surface area contributed by atoms with Crippen molar-refractivity contribution < 1.29 is 19.1 Å². The number of hydrogen-bond acceptors (Lipinski definition) is 5.